The average molecular weight is 251 g/mol. The molecule has 3 aromatic rings. The first-order valence-electron chi connectivity index (χ1n) is 6.04. The lowest BCUT2D eigenvalue weighted by atomic mass is 10.2. The highest BCUT2D eigenvalue weighted by atomic mass is 15.3. The minimum absolute atomic E-state index is 0.577. The lowest BCUT2D eigenvalue weighted by Crippen LogP contribution is -2.03. The largest absolute Gasteiger partial charge is 0.258 e. The van der Waals surface area contributed by atoms with Gasteiger partial charge in [-0.2, -0.15) is 5.10 Å². The van der Waals surface area contributed by atoms with Crippen LogP contribution in [0, 0.1) is 6.92 Å². The van der Waals surface area contributed by atoms with E-state index in [0.29, 0.717) is 6.54 Å². The van der Waals surface area contributed by atoms with Crippen molar-refractivity contribution >= 4 is 0 Å². The van der Waals surface area contributed by atoms with Gasteiger partial charge in [0.15, 0.2) is 5.82 Å². The highest BCUT2D eigenvalue weighted by Crippen LogP contribution is 2.13. The van der Waals surface area contributed by atoms with E-state index < -0.39 is 0 Å². The van der Waals surface area contributed by atoms with Crippen LogP contribution >= 0.6 is 0 Å². The molecule has 0 aliphatic heterocycles. The second kappa shape index (κ2) is 4.97. The van der Waals surface area contributed by atoms with E-state index in [2.05, 4.69) is 20.1 Å². The van der Waals surface area contributed by atoms with Crippen molar-refractivity contribution < 1.29 is 0 Å². The minimum atomic E-state index is 0.577. The zero-order valence-electron chi connectivity index (χ0n) is 10.6. The first kappa shape index (κ1) is 11.5. The molecule has 1 aromatic carbocycles. The third-order valence-electron chi connectivity index (χ3n) is 2.73. The van der Waals surface area contributed by atoms with Gasteiger partial charge in [-0.15, -0.1) is 0 Å². The molecular formula is C14H13N5. The van der Waals surface area contributed by atoms with Crippen LogP contribution < -0.4 is 0 Å². The number of aryl methyl sites for hydroxylation is 1. The van der Waals surface area contributed by atoms with Gasteiger partial charge in [0.2, 0.25) is 0 Å². The van der Waals surface area contributed by atoms with Crippen molar-refractivity contribution in [1.29, 1.82) is 0 Å². The summed E-state index contributed by atoms with van der Waals surface area (Å²) in [6, 6.07) is 9.90. The van der Waals surface area contributed by atoms with E-state index in [9.17, 15) is 0 Å². The Kier molecular flexibility index (Phi) is 3.02. The van der Waals surface area contributed by atoms with Crippen molar-refractivity contribution in [3.8, 4) is 11.4 Å². The molecule has 5 heteroatoms. The first-order chi connectivity index (χ1) is 9.31. The van der Waals surface area contributed by atoms with Crippen LogP contribution in [0.2, 0.25) is 0 Å². The van der Waals surface area contributed by atoms with Crippen molar-refractivity contribution in [2.24, 2.45) is 0 Å². The zero-order chi connectivity index (χ0) is 13.1. The molecule has 94 valence electrons. The van der Waals surface area contributed by atoms with E-state index in [1.165, 1.54) is 0 Å². The van der Waals surface area contributed by atoms with Crippen LogP contribution in [0.15, 0.2) is 49.1 Å². The molecule has 19 heavy (non-hydrogen) atoms. The van der Waals surface area contributed by atoms with E-state index >= 15 is 0 Å². The lowest BCUT2D eigenvalue weighted by Gasteiger charge is -2.00. The quantitative estimate of drug-likeness (QED) is 0.715. The first-order valence-corrected chi connectivity index (χ1v) is 6.04. The van der Waals surface area contributed by atoms with E-state index in [1.807, 2.05) is 37.3 Å². The minimum Gasteiger partial charge on any atom is -0.258 e. The normalized spacial score (nSPS) is 10.6. The SMILES string of the molecule is Cc1cnc(Cn2cnc(-c3ccccc3)n2)cn1. The maximum Gasteiger partial charge on any atom is 0.181 e. The molecule has 0 unspecified atom stereocenters. The van der Waals surface area contributed by atoms with Gasteiger partial charge in [0.05, 0.1) is 24.1 Å². The number of nitrogens with zero attached hydrogens (tertiary/aromatic N) is 5. The standard InChI is InChI=1S/C14H13N5/c1-11-7-16-13(8-15-11)9-19-10-17-14(18-19)12-5-3-2-4-6-12/h2-8,10H,9H2,1H3. The molecular weight excluding hydrogens is 238 g/mol. The molecule has 0 amide bonds. The number of hydrogen-bond acceptors (Lipinski definition) is 4. The molecule has 0 aliphatic rings. The lowest BCUT2D eigenvalue weighted by molar-refractivity contribution is 0.669. The number of rotatable bonds is 3. The van der Waals surface area contributed by atoms with E-state index in [4.69, 9.17) is 0 Å². The van der Waals surface area contributed by atoms with Crippen LogP contribution in [0.1, 0.15) is 11.4 Å². The summed E-state index contributed by atoms with van der Waals surface area (Å²) < 4.78 is 1.77. The molecule has 0 fully saturated rings. The zero-order valence-corrected chi connectivity index (χ0v) is 10.6. The van der Waals surface area contributed by atoms with Gasteiger partial charge in [-0.3, -0.25) is 9.97 Å². The van der Waals surface area contributed by atoms with Gasteiger partial charge < -0.3 is 0 Å². The Morgan fingerprint density at radius 1 is 1.00 bits per heavy atom. The van der Waals surface area contributed by atoms with Gasteiger partial charge in [-0.1, -0.05) is 30.3 Å². The fraction of sp³-hybridized carbons (Fsp3) is 0.143. The van der Waals surface area contributed by atoms with Gasteiger partial charge in [0.25, 0.3) is 0 Å². The topological polar surface area (TPSA) is 56.5 Å². The van der Waals surface area contributed by atoms with Crippen molar-refractivity contribution in [1.82, 2.24) is 24.7 Å². The summed E-state index contributed by atoms with van der Waals surface area (Å²) in [5.74, 6) is 0.723. The van der Waals surface area contributed by atoms with Crippen LogP contribution in [0.5, 0.6) is 0 Å². The molecule has 0 saturated carbocycles. The molecule has 5 nitrogen and oxygen atoms in total. The van der Waals surface area contributed by atoms with Gasteiger partial charge in [0, 0.05) is 11.8 Å². The second-order valence-corrected chi connectivity index (χ2v) is 4.28. The number of benzene rings is 1. The third-order valence-corrected chi connectivity index (χ3v) is 2.73. The highest BCUT2D eigenvalue weighted by Gasteiger charge is 2.04. The highest BCUT2D eigenvalue weighted by molar-refractivity contribution is 5.53. The smallest absolute Gasteiger partial charge is 0.181 e. The molecule has 2 heterocycles. The van der Waals surface area contributed by atoms with Crippen LogP contribution in [-0.4, -0.2) is 24.7 Å². The molecule has 0 atom stereocenters. The van der Waals surface area contributed by atoms with Crippen molar-refractivity contribution in [3.05, 3.63) is 60.4 Å². The fourth-order valence-corrected chi connectivity index (χ4v) is 1.76. The summed E-state index contributed by atoms with van der Waals surface area (Å²) in [4.78, 5) is 12.8. The van der Waals surface area contributed by atoms with E-state index in [1.54, 1.807) is 23.4 Å². The number of aromatic nitrogens is 5. The van der Waals surface area contributed by atoms with E-state index in [0.717, 1.165) is 22.8 Å². The van der Waals surface area contributed by atoms with Crippen LogP contribution in [0.3, 0.4) is 0 Å². The molecule has 0 aliphatic carbocycles. The predicted octanol–water partition coefficient (Wildman–Crippen LogP) is 2.09. The second-order valence-electron chi connectivity index (χ2n) is 4.28. The van der Waals surface area contributed by atoms with Crippen molar-refractivity contribution in [2.75, 3.05) is 0 Å². The Balaban J connectivity index is 1.80. The fourth-order valence-electron chi connectivity index (χ4n) is 1.76. The Bertz CT molecular complexity index is 658. The number of hydrogen-bond donors (Lipinski definition) is 0. The van der Waals surface area contributed by atoms with Gasteiger partial charge in [-0.05, 0) is 6.92 Å². The summed E-state index contributed by atoms with van der Waals surface area (Å²) in [5, 5.41) is 4.44. The predicted molar refractivity (Wildman–Crippen MR) is 71.3 cm³/mol. The molecule has 2 aromatic heterocycles. The monoisotopic (exact) mass is 251 g/mol. The Labute approximate surface area is 111 Å². The van der Waals surface area contributed by atoms with Crippen LogP contribution in [0.25, 0.3) is 11.4 Å². The Hall–Kier alpha value is -2.56. The maximum absolute atomic E-state index is 4.44. The average Bonchev–Trinajstić information content (AvgIpc) is 2.91. The molecule has 0 radical (unpaired) electrons. The van der Waals surface area contributed by atoms with Crippen molar-refractivity contribution in [2.45, 2.75) is 13.5 Å². The third kappa shape index (κ3) is 2.65. The molecule has 0 spiro atoms. The van der Waals surface area contributed by atoms with E-state index in [-0.39, 0.29) is 0 Å². The molecule has 0 saturated heterocycles. The summed E-state index contributed by atoms with van der Waals surface area (Å²) in [6.07, 6.45) is 5.23. The van der Waals surface area contributed by atoms with Gasteiger partial charge >= 0.3 is 0 Å². The van der Waals surface area contributed by atoms with Crippen LogP contribution in [0.4, 0.5) is 0 Å². The summed E-state index contributed by atoms with van der Waals surface area (Å²) in [5.41, 5.74) is 2.79. The van der Waals surface area contributed by atoms with Gasteiger partial charge in [-0.25, -0.2) is 9.67 Å². The Morgan fingerprint density at radius 2 is 1.84 bits per heavy atom. The molecule has 3 rings (SSSR count). The Morgan fingerprint density at radius 3 is 2.58 bits per heavy atom. The molecule has 0 N–H and O–H groups in total. The maximum atomic E-state index is 4.44. The summed E-state index contributed by atoms with van der Waals surface area (Å²) in [6.45, 7) is 2.49. The van der Waals surface area contributed by atoms with Crippen LogP contribution in [-0.2, 0) is 6.54 Å². The van der Waals surface area contributed by atoms with Gasteiger partial charge in [0.1, 0.15) is 6.33 Å². The summed E-state index contributed by atoms with van der Waals surface area (Å²) in [7, 11) is 0. The summed E-state index contributed by atoms with van der Waals surface area (Å²) >= 11 is 0. The molecule has 0 bridgehead atoms. The van der Waals surface area contributed by atoms with Crippen molar-refractivity contribution in [3.63, 3.8) is 0 Å².